The van der Waals surface area contributed by atoms with E-state index in [1.54, 1.807) is 0 Å². The number of hydrogen-bond acceptors (Lipinski definition) is 3. The SMILES string of the molecule is Cc1n[nH]c(C)c1CNCC(=O)NCc1ccccc1. The molecule has 0 aliphatic carbocycles. The minimum absolute atomic E-state index is 0.00680. The Morgan fingerprint density at radius 3 is 2.60 bits per heavy atom. The second-order valence-electron chi connectivity index (χ2n) is 4.78. The van der Waals surface area contributed by atoms with Gasteiger partial charge in [-0.1, -0.05) is 30.3 Å². The van der Waals surface area contributed by atoms with Crippen molar-refractivity contribution in [2.24, 2.45) is 0 Å². The quantitative estimate of drug-likeness (QED) is 0.745. The molecule has 0 aliphatic rings. The number of carbonyl (C=O) groups excluding carboxylic acids is 1. The van der Waals surface area contributed by atoms with Crippen molar-refractivity contribution in [1.82, 2.24) is 20.8 Å². The summed E-state index contributed by atoms with van der Waals surface area (Å²) >= 11 is 0. The summed E-state index contributed by atoms with van der Waals surface area (Å²) in [4.78, 5) is 11.7. The Kier molecular flexibility index (Phi) is 4.90. The van der Waals surface area contributed by atoms with Crippen LogP contribution in [0.5, 0.6) is 0 Å². The van der Waals surface area contributed by atoms with Crippen molar-refractivity contribution >= 4 is 5.91 Å². The van der Waals surface area contributed by atoms with Gasteiger partial charge in [-0.3, -0.25) is 9.89 Å². The first kappa shape index (κ1) is 14.3. The molecule has 1 aromatic heterocycles. The summed E-state index contributed by atoms with van der Waals surface area (Å²) in [5, 5.41) is 13.1. The summed E-state index contributed by atoms with van der Waals surface area (Å²) in [6.07, 6.45) is 0. The molecular weight excluding hydrogens is 252 g/mol. The number of carbonyl (C=O) groups is 1. The number of nitrogens with zero attached hydrogens (tertiary/aromatic N) is 1. The second-order valence-corrected chi connectivity index (χ2v) is 4.78. The normalized spacial score (nSPS) is 10.5. The van der Waals surface area contributed by atoms with Crippen LogP contribution in [0.25, 0.3) is 0 Å². The van der Waals surface area contributed by atoms with Crippen molar-refractivity contribution in [2.45, 2.75) is 26.9 Å². The first-order valence-corrected chi connectivity index (χ1v) is 6.68. The molecule has 2 rings (SSSR count). The summed E-state index contributed by atoms with van der Waals surface area (Å²) in [5.41, 5.74) is 4.24. The van der Waals surface area contributed by atoms with E-state index >= 15 is 0 Å². The Morgan fingerprint density at radius 1 is 1.20 bits per heavy atom. The van der Waals surface area contributed by atoms with Crippen molar-refractivity contribution in [3.8, 4) is 0 Å². The van der Waals surface area contributed by atoms with Gasteiger partial charge >= 0.3 is 0 Å². The smallest absolute Gasteiger partial charge is 0.234 e. The third-order valence-corrected chi connectivity index (χ3v) is 3.20. The number of amides is 1. The third-order valence-electron chi connectivity index (χ3n) is 3.20. The molecule has 3 N–H and O–H groups in total. The third kappa shape index (κ3) is 3.93. The van der Waals surface area contributed by atoms with E-state index < -0.39 is 0 Å². The van der Waals surface area contributed by atoms with Crippen molar-refractivity contribution in [1.29, 1.82) is 0 Å². The highest BCUT2D eigenvalue weighted by atomic mass is 16.1. The lowest BCUT2D eigenvalue weighted by molar-refractivity contribution is -0.120. The van der Waals surface area contributed by atoms with Crippen molar-refractivity contribution in [3.05, 3.63) is 52.8 Å². The lowest BCUT2D eigenvalue weighted by Crippen LogP contribution is -2.33. The number of aromatic nitrogens is 2. The van der Waals surface area contributed by atoms with Gasteiger partial charge < -0.3 is 10.6 Å². The molecule has 20 heavy (non-hydrogen) atoms. The maximum atomic E-state index is 11.7. The first-order valence-electron chi connectivity index (χ1n) is 6.68. The van der Waals surface area contributed by atoms with Gasteiger partial charge in [0.05, 0.1) is 12.2 Å². The number of aromatic amines is 1. The summed E-state index contributed by atoms with van der Waals surface area (Å²) in [6.45, 7) is 5.44. The molecule has 1 aromatic carbocycles. The van der Waals surface area contributed by atoms with Gasteiger partial charge in [-0.05, 0) is 19.4 Å². The van der Waals surface area contributed by atoms with Crippen LogP contribution in [0.1, 0.15) is 22.5 Å². The Bertz CT molecular complexity index is 543. The molecule has 106 valence electrons. The van der Waals surface area contributed by atoms with Gasteiger partial charge in [-0.15, -0.1) is 0 Å². The lowest BCUT2D eigenvalue weighted by Gasteiger charge is -2.07. The summed E-state index contributed by atoms with van der Waals surface area (Å²) in [6, 6.07) is 9.87. The standard InChI is InChI=1S/C15H20N4O/c1-11-14(12(2)19-18-11)9-16-10-15(20)17-8-13-6-4-3-5-7-13/h3-7,16H,8-10H2,1-2H3,(H,17,20)(H,18,19). The summed E-state index contributed by atoms with van der Waals surface area (Å²) < 4.78 is 0. The molecule has 0 saturated carbocycles. The Balaban J connectivity index is 1.71. The number of rotatable bonds is 6. The number of aryl methyl sites for hydroxylation is 2. The van der Waals surface area contributed by atoms with Gasteiger partial charge in [0.15, 0.2) is 0 Å². The molecule has 1 amide bonds. The minimum atomic E-state index is -0.00680. The van der Waals surface area contributed by atoms with E-state index in [1.807, 2.05) is 44.2 Å². The predicted octanol–water partition coefficient (Wildman–Crippen LogP) is 1.43. The van der Waals surface area contributed by atoms with Gasteiger partial charge in [0.1, 0.15) is 0 Å². The first-order chi connectivity index (χ1) is 9.66. The molecule has 5 heteroatoms. The van der Waals surface area contributed by atoms with Gasteiger partial charge in [0.2, 0.25) is 5.91 Å². The fraction of sp³-hybridized carbons (Fsp3) is 0.333. The monoisotopic (exact) mass is 272 g/mol. The van der Waals surface area contributed by atoms with Crippen LogP contribution in [-0.2, 0) is 17.9 Å². The molecule has 0 aliphatic heterocycles. The topological polar surface area (TPSA) is 69.8 Å². The molecule has 0 radical (unpaired) electrons. The van der Waals surface area contributed by atoms with Gasteiger partial charge in [0, 0.05) is 24.3 Å². The van der Waals surface area contributed by atoms with Crippen LogP contribution in [0.15, 0.2) is 30.3 Å². The largest absolute Gasteiger partial charge is 0.351 e. The molecule has 2 aromatic rings. The van der Waals surface area contributed by atoms with Crippen LogP contribution in [0.3, 0.4) is 0 Å². The van der Waals surface area contributed by atoms with Crippen LogP contribution in [0.2, 0.25) is 0 Å². The Labute approximate surface area is 118 Å². The average molecular weight is 272 g/mol. The molecule has 0 spiro atoms. The maximum Gasteiger partial charge on any atom is 0.234 e. The van der Waals surface area contributed by atoms with Crippen molar-refractivity contribution in [2.75, 3.05) is 6.54 Å². The average Bonchev–Trinajstić information content (AvgIpc) is 2.78. The Morgan fingerprint density at radius 2 is 1.95 bits per heavy atom. The van der Waals surface area contributed by atoms with Gasteiger partial charge in [-0.2, -0.15) is 5.10 Å². The summed E-state index contributed by atoms with van der Waals surface area (Å²) in [5.74, 6) is -0.00680. The molecule has 0 unspecified atom stereocenters. The molecular formula is C15H20N4O. The van der Waals surface area contributed by atoms with E-state index in [9.17, 15) is 4.79 Å². The second kappa shape index (κ2) is 6.86. The van der Waals surface area contributed by atoms with Crippen LogP contribution in [-0.4, -0.2) is 22.6 Å². The zero-order valence-corrected chi connectivity index (χ0v) is 11.9. The van der Waals surface area contributed by atoms with Crippen molar-refractivity contribution < 1.29 is 4.79 Å². The summed E-state index contributed by atoms with van der Waals surface area (Å²) in [7, 11) is 0. The predicted molar refractivity (Wildman–Crippen MR) is 78.1 cm³/mol. The van der Waals surface area contributed by atoms with Crippen LogP contribution in [0.4, 0.5) is 0 Å². The fourth-order valence-corrected chi connectivity index (χ4v) is 1.99. The van der Waals surface area contributed by atoms with E-state index in [2.05, 4.69) is 20.8 Å². The maximum absolute atomic E-state index is 11.7. The molecule has 0 fully saturated rings. The lowest BCUT2D eigenvalue weighted by atomic mass is 10.2. The molecule has 1 heterocycles. The number of hydrogen-bond donors (Lipinski definition) is 3. The van der Waals surface area contributed by atoms with E-state index in [4.69, 9.17) is 0 Å². The Hall–Kier alpha value is -2.14. The zero-order valence-electron chi connectivity index (χ0n) is 11.9. The van der Waals surface area contributed by atoms with Gasteiger partial charge in [0.25, 0.3) is 0 Å². The highest BCUT2D eigenvalue weighted by Gasteiger charge is 2.06. The van der Waals surface area contributed by atoms with E-state index in [1.165, 1.54) is 0 Å². The van der Waals surface area contributed by atoms with Gasteiger partial charge in [-0.25, -0.2) is 0 Å². The minimum Gasteiger partial charge on any atom is -0.351 e. The van der Waals surface area contributed by atoms with E-state index in [-0.39, 0.29) is 5.91 Å². The van der Waals surface area contributed by atoms with E-state index in [0.29, 0.717) is 19.6 Å². The molecule has 0 atom stereocenters. The van der Waals surface area contributed by atoms with Crippen LogP contribution >= 0.6 is 0 Å². The van der Waals surface area contributed by atoms with E-state index in [0.717, 1.165) is 22.5 Å². The molecule has 0 bridgehead atoms. The van der Waals surface area contributed by atoms with Crippen molar-refractivity contribution in [3.63, 3.8) is 0 Å². The highest BCUT2D eigenvalue weighted by molar-refractivity contribution is 5.77. The number of nitrogens with one attached hydrogen (secondary N) is 3. The van der Waals surface area contributed by atoms with Crippen LogP contribution in [0, 0.1) is 13.8 Å². The zero-order chi connectivity index (χ0) is 14.4. The molecule has 0 saturated heterocycles. The number of H-pyrrole nitrogens is 1. The van der Waals surface area contributed by atoms with Crippen LogP contribution < -0.4 is 10.6 Å². The number of benzene rings is 1. The fourth-order valence-electron chi connectivity index (χ4n) is 1.99. The highest BCUT2D eigenvalue weighted by Crippen LogP contribution is 2.07. The molecule has 5 nitrogen and oxygen atoms in total.